The summed E-state index contributed by atoms with van der Waals surface area (Å²) in [5.41, 5.74) is 1.78. The number of hydrogen-bond donors (Lipinski definition) is 1. The van der Waals surface area contributed by atoms with Crippen molar-refractivity contribution in [2.75, 3.05) is 6.54 Å². The molecule has 1 N–H and O–H groups in total. The van der Waals surface area contributed by atoms with E-state index in [2.05, 4.69) is 16.9 Å². The SMILES string of the molecule is CCCN(Cc1nccn1C)C(=O)CCn1c(CO)nc2ccccc21. The minimum atomic E-state index is -0.144. The normalized spacial score (nSPS) is 11.2. The van der Waals surface area contributed by atoms with Gasteiger partial charge in [0.05, 0.1) is 17.6 Å². The number of aliphatic hydroxyl groups is 1. The Labute approximate surface area is 152 Å². The van der Waals surface area contributed by atoms with Crippen molar-refractivity contribution in [1.82, 2.24) is 24.0 Å². The Morgan fingerprint density at radius 2 is 2.08 bits per heavy atom. The molecule has 3 rings (SSSR count). The van der Waals surface area contributed by atoms with Gasteiger partial charge in [0.1, 0.15) is 18.3 Å². The van der Waals surface area contributed by atoms with Crippen LogP contribution in [-0.2, 0) is 31.5 Å². The molecule has 0 spiro atoms. The molecule has 7 heteroatoms. The number of imidazole rings is 2. The Balaban J connectivity index is 1.73. The van der Waals surface area contributed by atoms with Gasteiger partial charge in [-0.25, -0.2) is 9.97 Å². The molecular weight excluding hydrogens is 330 g/mol. The van der Waals surface area contributed by atoms with Crippen LogP contribution in [-0.4, -0.2) is 41.6 Å². The molecule has 26 heavy (non-hydrogen) atoms. The molecule has 0 radical (unpaired) electrons. The van der Waals surface area contributed by atoms with E-state index in [9.17, 15) is 9.90 Å². The Morgan fingerprint density at radius 3 is 2.77 bits per heavy atom. The van der Waals surface area contributed by atoms with E-state index < -0.39 is 0 Å². The smallest absolute Gasteiger partial charge is 0.224 e. The maximum absolute atomic E-state index is 12.8. The maximum Gasteiger partial charge on any atom is 0.224 e. The van der Waals surface area contributed by atoms with Gasteiger partial charge in [-0.1, -0.05) is 19.1 Å². The molecule has 0 bridgehead atoms. The highest BCUT2D eigenvalue weighted by atomic mass is 16.3. The van der Waals surface area contributed by atoms with Gasteiger partial charge in [0.2, 0.25) is 5.91 Å². The summed E-state index contributed by atoms with van der Waals surface area (Å²) in [4.78, 5) is 23.4. The van der Waals surface area contributed by atoms with Gasteiger partial charge in [-0.2, -0.15) is 0 Å². The summed E-state index contributed by atoms with van der Waals surface area (Å²) in [5.74, 6) is 1.54. The Kier molecular flexibility index (Phi) is 5.68. The van der Waals surface area contributed by atoms with Crippen LogP contribution in [0.25, 0.3) is 11.0 Å². The predicted molar refractivity (Wildman–Crippen MR) is 99.2 cm³/mol. The van der Waals surface area contributed by atoms with Gasteiger partial charge in [-0.3, -0.25) is 4.79 Å². The van der Waals surface area contributed by atoms with E-state index in [0.717, 1.165) is 23.3 Å². The quantitative estimate of drug-likeness (QED) is 0.671. The van der Waals surface area contributed by atoms with Crippen LogP contribution in [0.2, 0.25) is 0 Å². The number of aliphatic hydroxyl groups excluding tert-OH is 1. The van der Waals surface area contributed by atoms with Gasteiger partial charge < -0.3 is 19.1 Å². The zero-order chi connectivity index (χ0) is 18.5. The zero-order valence-corrected chi connectivity index (χ0v) is 15.3. The number of amides is 1. The lowest BCUT2D eigenvalue weighted by Gasteiger charge is -2.22. The molecule has 2 aromatic heterocycles. The molecule has 0 fully saturated rings. The molecule has 0 aliphatic carbocycles. The number of nitrogens with zero attached hydrogens (tertiary/aromatic N) is 5. The average molecular weight is 355 g/mol. The standard InChI is InChI=1S/C19H25N5O2/c1-3-10-23(13-17-20-9-12-22(17)2)19(26)8-11-24-16-7-5-4-6-15(16)21-18(24)14-25/h4-7,9,12,25H,3,8,10-11,13-14H2,1-2H3. The number of hydrogen-bond acceptors (Lipinski definition) is 4. The van der Waals surface area contributed by atoms with E-state index in [0.29, 0.717) is 31.9 Å². The highest BCUT2D eigenvalue weighted by Gasteiger charge is 2.17. The van der Waals surface area contributed by atoms with Crippen LogP contribution in [0.15, 0.2) is 36.7 Å². The van der Waals surface area contributed by atoms with Crippen molar-refractivity contribution >= 4 is 16.9 Å². The number of benzene rings is 1. The fraction of sp³-hybridized carbons (Fsp3) is 0.421. The molecule has 138 valence electrons. The highest BCUT2D eigenvalue weighted by molar-refractivity contribution is 5.78. The van der Waals surface area contributed by atoms with Gasteiger partial charge in [0.15, 0.2) is 0 Å². The molecule has 7 nitrogen and oxygen atoms in total. The summed E-state index contributed by atoms with van der Waals surface area (Å²) in [6.45, 7) is 3.62. The van der Waals surface area contributed by atoms with E-state index in [1.165, 1.54) is 0 Å². The summed E-state index contributed by atoms with van der Waals surface area (Å²) in [7, 11) is 1.93. The fourth-order valence-electron chi connectivity index (χ4n) is 3.14. The largest absolute Gasteiger partial charge is 0.388 e. The Morgan fingerprint density at radius 1 is 1.27 bits per heavy atom. The van der Waals surface area contributed by atoms with Gasteiger partial charge >= 0.3 is 0 Å². The summed E-state index contributed by atoms with van der Waals surface area (Å²) in [5, 5.41) is 9.59. The van der Waals surface area contributed by atoms with Crippen LogP contribution in [0, 0.1) is 0 Å². The highest BCUT2D eigenvalue weighted by Crippen LogP contribution is 2.17. The van der Waals surface area contributed by atoms with Crippen LogP contribution >= 0.6 is 0 Å². The second-order valence-corrected chi connectivity index (χ2v) is 6.35. The van der Waals surface area contributed by atoms with Crippen molar-refractivity contribution < 1.29 is 9.90 Å². The average Bonchev–Trinajstić information content (AvgIpc) is 3.22. The summed E-state index contributed by atoms with van der Waals surface area (Å²) in [6.07, 6.45) is 4.88. The first-order valence-electron chi connectivity index (χ1n) is 8.93. The van der Waals surface area contributed by atoms with E-state index in [-0.39, 0.29) is 12.5 Å². The van der Waals surface area contributed by atoms with Crippen LogP contribution < -0.4 is 0 Å². The third-order valence-corrected chi connectivity index (χ3v) is 4.52. The number of aryl methyl sites for hydroxylation is 2. The summed E-state index contributed by atoms with van der Waals surface area (Å²) < 4.78 is 3.86. The van der Waals surface area contributed by atoms with Crippen molar-refractivity contribution in [3.63, 3.8) is 0 Å². The summed E-state index contributed by atoms with van der Waals surface area (Å²) >= 11 is 0. The first kappa shape index (κ1) is 18.1. The van der Waals surface area contributed by atoms with E-state index in [1.54, 1.807) is 6.20 Å². The molecule has 0 unspecified atom stereocenters. The van der Waals surface area contributed by atoms with Crippen molar-refractivity contribution in [1.29, 1.82) is 0 Å². The van der Waals surface area contributed by atoms with Gasteiger partial charge in [-0.05, 0) is 18.6 Å². The van der Waals surface area contributed by atoms with Crippen LogP contribution in [0.3, 0.4) is 0 Å². The number of rotatable bonds is 8. The second-order valence-electron chi connectivity index (χ2n) is 6.35. The lowest BCUT2D eigenvalue weighted by Crippen LogP contribution is -2.33. The lowest BCUT2D eigenvalue weighted by molar-refractivity contribution is -0.132. The Bertz CT molecular complexity index is 883. The second kappa shape index (κ2) is 8.14. The number of carbonyl (C=O) groups is 1. The van der Waals surface area contributed by atoms with Crippen LogP contribution in [0.1, 0.15) is 31.4 Å². The third kappa shape index (κ3) is 3.77. The molecular formula is C19H25N5O2. The van der Waals surface area contributed by atoms with Crippen molar-refractivity contribution in [2.45, 2.75) is 39.5 Å². The minimum absolute atomic E-state index is 0.0801. The molecule has 2 heterocycles. The molecule has 1 amide bonds. The fourth-order valence-corrected chi connectivity index (χ4v) is 3.14. The van der Waals surface area contributed by atoms with E-state index in [1.807, 2.05) is 51.5 Å². The first-order chi connectivity index (χ1) is 12.6. The Hall–Kier alpha value is -2.67. The van der Waals surface area contributed by atoms with Crippen LogP contribution in [0.4, 0.5) is 0 Å². The molecule has 0 saturated carbocycles. The number of para-hydroxylation sites is 2. The molecule has 0 aliphatic heterocycles. The zero-order valence-electron chi connectivity index (χ0n) is 15.3. The first-order valence-corrected chi connectivity index (χ1v) is 8.93. The number of carbonyl (C=O) groups excluding carboxylic acids is 1. The third-order valence-electron chi connectivity index (χ3n) is 4.52. The van der Waals surface area contributed by atoms with Gasteiger partial charge in [-0.15, -0.1) is 0 Å². The van der Waals surface area contributed by atoms with Gasteiger partial charge in [0, 0.05) is 39.0 Å². The van der Waals surface area contributed by atoms with Crippen molar-refractivity contribution in [2.24, 2.45) is 7.05 Å². The van der Waals surface area contributed by atoms with Gasteiger partial charge in [0.25, 0.3) is 0 Å². The maximum atomic E-state index is 12.8. The molecule has 0 aliphatic rings. The number of fused-ring (bicyclic) bond motifs is 1. The summed E-state index contributed by atoms with van der Waals surface area (Å²) in [6, 6.07) is 7.73. The van der Waals surface area contributed by atoms with E-state index >= 15 is 0 Å². The predicted octanol–water partition coefficient (Wildman–Crippen LogP) is 2.09. The minimum Gasteiger partial charge on any atom is -0.388 e. The topological polar surface area (TPSA) is 76.2 Å². The molecule has 0 saturated heterocycles. The molecule has 0 atom stereocenters. The van der Waals surface area contributed by atoms with Crippen LogP contribution in [0.5, 0.6) is 0 Å². The van der Waals surface area contributed by atoms with E-state index in [4.69, 9.17) is 0 Å². The molecule has 3 aromatic rings. The monoisotopic (exact) mass is 355 g/mol. The molecule has 1 aromatic carbocycles. The lowest BCUT2D eigenvalue weighted by atomic mass is 10.3. The number of aromatic nitrogens is 4. The van der Waals surface area contributed by atoms with Crippen molar-refractivity contribution in [3.05, 3.63) is 48.3 Å². The van der Waals surface area contributed by atoms with Crippen molar-refractivity contribution in [3.8, 4) is 0 Å².